The Morgan fingerprint density at radius 2 is 2.00 bits per heavy atom. The molecule has 0 aliphatic heterocycles. The molecule has 1 aromatic carbocycles. The van der Waals surface area contributed by atoms with E-state index in [1.807, 2.05) is 0 Å². The summed E-state index contributed by atoms with van der Waals surface area (Å²) in [6, 6.07) is 2.14. The molecule has 0 heterocycles. The second-order valence-electron chi connectivity index (χ2n) is 4.84. The standard InChI is InChI=1S/C14H18Br2O/c1-8-7-11(15)9(2)12(14(8)17-3)13(16)10-5-4-6-10/h7,10,13H,4-6H2,1-3H3. The van der Waals surface area contributed by atoms with Crippen LogP contribution in [0.15, 0.2) is 10.5 Å². The highest BCUT2D eigenvalue weighted by molar-refractivity contribution is 9.10. The first-order valence-electron chi connectivity index (χ1n) is 6.04. The van der Waals surface area contributed by atoms with Crippen LogP contribution in [0.1, 0.15) is 40.8 Å². The van der Waals surface area contributed by atoms with Crippen LogP contribution in [0.3, 0.4) is 0 Å². The van der Waals surface area contributed by atoms with E-state index < -0.39 is 0 Å². The van der Waals surface area contributed by atoms with Crippen molar-refractivity contribution < 1.29 is 4.74 Å². The molecule has 1 aromatic rings. The summed E-state index contributed by atoms with van der Waals surface area (Å²) < 4.78 is 6.78. The second-order valence-corrected chi connectivity index (χ2v) is 6.68. The zero-order valence-corrected chi connectivity index (χ0v) is 13.7. The van der Waals surface area contributed by atoms with Crippen molar-refractivity contribution in [2.24, 2.45) is 5.92 Å². The summed E-state index contributed by atoms with van der Waals surface area (Å²) in [6.07, 6.45) is 4.01. The summed E-state index contributed by atoms with van der Waals surface area (Å²) in [5.74, 6) is 1.80. The molecule has 0 bridgehead atoms. The van der Waals surface area contributed by atoms with Crippen molar-refractivity contribution in [1.29, 1.82) is 0 Å². The normalized spacial score (nSPS) is 17.7. The van der Waals surface area contributed by atoms with Gasteiger partial charge in [-0.2, -0.15) is 0 Å². The van der Waals surface area contributed by atoms with Crippen molar-refractivity contribution in [3.8, 4) is 5.75 Å². The first-order chi connectivity index (χ1) is 8.06. The molecular weight excluding hydrogens is 344 g/mol. The van der Waals surface area contributed by atoms with Crippen LogP contribution in [-0.4, -0.2) is 7.11 Å². The molecule has 17 heavy (non-hydrogen) atoms. The molecule has 0 radical (unpaired) electrons. The molecule has 3 heteroatoms. The van der Waals surface area contributed by atoms with Gasteiger partial charge in [-0.15, -0.1) is 0 Å². The average molecular weight is 362 g/mol. The van der Waals surface area contributed by atoms with Crippen molar-refractivity contribution in [3.63, 3.8) is 0 Å². The largest absolute Gasteiger partial charge is 0.496 e. The van der Waals surface area contributed by atoms with Gasteiger partial charge in [0, 0.05) is 14.9 Å². The average Bonchev–Trinajstić information content (AvgIpc) is 2.20. The van der Waals surface area contributed by atoms with Crippen LogP contribution in [-0.2, 0) is 0 Å². The molecule has 1 saturated carbocycles. The monoisotopic (exact) mass is 360 g/mol. The Labute approximate surface area is 120 Å². The molecule has 1 fully saturated rings. The minimum absolute atomic E-state index is 0.419. The molecule has 0 saturated heterocycles. The van der Waals surface area contributed by atoms with E-state index in [9.17, 15) is 0 Å². The smallest absolute Gasteiger partial charge is 0.126 e. The predicted molar refractivity (Wildman–Crippen MR) is 79.2 cm³/mol. The Hall–Kier alpha value is -0.0200. The Morgan fingerprint density at radius 1 is 1.35 bits per heavy atom. The first kappa shape index (κ1) is 13.4. The molecule has 1 nitrogen and oxygen atoms in total. The van der Waals surface area contributed by atoms with Crippen molar-refractivity contribution in [2.45, 2.75) is 37.9 Å². The first-order valence-corrected chi connectivity index (χ1v) is 7.74. The maximum Gasteiger partial charge on any atom is 0.126 e. The van der Waals surface area contributed by atoms with Crippen LogP contribution in [0.4, 0.5) is 0 Å². The zero-order chi connectivity index (χ0) is 12.6. The summed E-state index contributed by atoms with van der Waals surface area (Å²) in [4.78, 5) is 0.419. The Bertz CT molecular complexity index is 425. The molecule has 1 unspecified atom stereocenters. The fraction of sp³-hybridized carbons (Fsp3) is 0.571. The Morgan fingerprint density at radius 3 is 2.47 bits per heavy atom. The summed E-state index contributed by atoms with van der Waals surface area (Å²) in [5.41, 5.74) is 3.81. The third kappa shape index (κ3) is 2.41. The van der Waals surface area contributed by atoms with Gasteiger partial charge in [-0.3, -0.25) is 0 Å². The van der Waals surface area contributed by atoms with Crippen LogP contribution in [0.2, 0.25) is 0 Å². The summed E-state index contributed by atoms with van der Waals surface area (Å²) in [6.45, 7) is 4.27. The molecule has 0 amide bonds. The molecule has 94 valence electrons. The highest BCUT2D eigenvalue weighted by Gasteiger charge is 2.30. The lowest BCUT2D eigenvalue weighted by Crippen LogP contribution is -2.18. The van der Waals surface area contributed by atoms with Gasteiger partial charge in [0.15, 0.2) is 0 Å². The van der Waals surface area contributed by atoms with Gasteiger partial charge in [0.25, 0.3) is 0 Å². The van der Waals surface area contributed by atoms with Gasteiger partial charge in [-0.05, 0) is 49.8 Å². The molecular formula is C14H18Br2O. The maximum atomic E-state index is 5.60. The molecule has 1 aliphatic rings. The van der Waals surface area contributed by atoms with Crippen LogP contribution < -0.4 is 4.74 Å². The Balaban J connectivity index is 2.48. The second kappa shape index (κ2) is 5.31. The third-order valence-corrected chi connectivity index (χ3v) is 5.78. The topological polar surface area (TPSA) is 9.23 Å². The molecule has 1 aliphatic carbocycles. The van der Waals surface area contributed by atoms with Gasteiger partial charge < -0.3 is 4.74 Å². The fourth-order valence-electron chi connectivity index (χ4n) is 2.45. The molecule has 2 rings (SSSR count). The quantitative estimate of drug-likeness (QED) is 0.663. The van der Waals surface area contributed by atoms with E-state index in [1.165, 1.54) is 40.4 Å². The SMILES string of the molecule is COc1c(C)cc(Br)c(C)c1C(Br)C1CCC1. The lowest BCUT2D eigenvalue weighted by atomic mass is 9.79. The van der Waals surface area contributed by atoms with E-state index in [0.29, 0.717) is 4.83 Å². The zero-order valence-electron chi connectivity index (χ0n) is 10.5. The summed E-state index contributed by atoms with van der Waals surface area (Å²) in [7, 11) is 1.76. The molecule has 0 spiro atoms. The Kier molecular flexibility index (Phi) is 4.19. The molecule has 0 N–H and O–H groups in total. The number of rotatable bonds is 3. The summed E-state index contributed by atoms with van der Waals surface area (Å²) in [5, 5.41) is 0. The van der Waals surface area contributed by atoms with Crippen LogP contribution in [0.25, 0.3) is 0 Å². The van der Waals surface area contributed by atoms with Crippen LogP contribution >= 0.6 is 31.9 Å². The molecule has 1 atom stereocenters. The number of halogens is 2. The van der Waals surface area contributed by atoms with Gasteiger partial charge >= 0.3 is 0 Å². The predicted octanol–water partition coefficient (Wildman–Crippen LogP) is 5.31. The van der Waals surface area contributed by atoms with E-state index >= 15 is 0 Å². The number of alkyl halides is 1. The van der Waals surface area contributed by atoms with E-state index in [2.05, 4.69) is 51.8 Å². The van der Waals surface area contributed by atoms with Crippen molar-refractivity contribution in [3.05, 3.63) is 27.2 Å². The third-order valence-electron chi connectivity index (χ3n) is 3.75. The van der Waals surface area contributed by atoms with E-state index in [-0.39, 0.29) is 0 Å². The van der Waals surface area contributed by atoms with Crippen molar-refractivity contribution in [2.75, 3.05) is 7.11 Å². The minimum atomic E-state index is 0.419. The van der Waals surface area contributed by atoms with Gasteiger partial charge in [0.05, 0.1) is 7.11 Å². The lowest BCUT2D eigenvalue weighted by molar-refractivity contribution is 0.306. The highest BCUT2D eigenvalue weighted by Crippen LogP contribution is 2.48. The number of hydrogen-bond donors (Lipinski definition) is 0. The number of aryl methyl sites for hydroxylation is 1. The van der Waals surface area contributed by atoms with Gasteiger partial charge in [0.2, 0.25) is 0 Å². The fourth-order valence-corrected chi connectivity index (χ4v) is 4.08. The van der Waals surface area contributed by atoms with Gasteiger partial charge in [-0.25, -0.2) is 0 Å². The van der Waals surface area contributed by atoms with Gasteiger partial charge in [-0.1, -0.05) is 38.3 Å². The van der Waals surface area contributed by atoms with E-state index in [1.54, 1.807) is 7.11 Å². The number of ether oxygens (including phenoxy) is 1. The number of hydrogen-bond acceptors (Lipinski definition) is 1. The minimum Gasteiger partial charge on any atom is -0.496 e. The van der Waals surface area contributed by atoms with E-state index in [0.717, 1.165) is 11.7 Å². The summed E-state index contributed by atoms with van der Waals surface area (Å²) >= 11 is 7.51. The van der Waals surface area contributed by atoms with E-state index in [4.69, 9.17) is 4.74 Å². The van der Waals surface area contributed by atoms with Crippen LogP contribution in [0, 0.1) is 19.8 Å². The number of methoxy groups -OCH3 is 1. The van der Waals surface area contributed by atoms with Crippen molar-refractivity contribution >= 4 is 31.9 Å². The maximum absolute atomic E-state index is 5.60. The van der Waals surface area contributed by atoms with Crippen LogP contribution in [0.5, 0.6) is 5.75 Å². The highest BCUT2D eigenvalue weighted by atomic mass is 79.9. The van der Waals surface area contributed by atoms with Crippen molar-refractivity contribution in [1.82, 2.24) is 0 Å². The number of benzene rings is 1. The van der Waals surface area contributed by atoms with Gasteiger partial charge in [0.1, 0.15) is 5.75 Å². The molecule has 0 aromatic heterocycles. The lowest BCUT2D eigenvalue weighted by Gasteiger charge is -2.32.